The number of hydrogen-bond acceptors (Lipinski definition) is 5. The third kappa shape index (κ3) is 2.65. The number of aromatic hydroxyl groups is 2. The Kier molecular flexibility index (Phi) is 3.57. The summed E-state index contributed by atoms with van der Waals surface area (Å²) in [7, 11) is 0. The Morgan fingerprint density at radius 2 is 1.65 bits per heavy atom. The summed E-state index contributed by atoms with van der Waals surface area (Å²) in [5.41, 5.74) is 0.409. The maximum absolute atomic E-state index is 12.1. The van der Waals surface area contributed by atoms with Crippen molar-refractivity contribution in [3.8, 4) is 40.0 Å². The van der Waals surface area contributed by atoms with E-state index in [0.29, 0.717) is 16.7 Å². The third-order valence-corrected chi connectivity index (χ3v) is 3.41. The Morgan fingerprint density at radius 1 is 0.957 bits per heavy atom. The monoisotopic (exact) mass is 305 g/mol. The summed E-state index contributed by atoms with van der Waals surface area (Å²) in [5.74, 6) is 0.211. The maximum atomic E-state index is 12.1. The Hall–Kier alpha value is -3.52. The smallest absolute Gasteiger partial charge is 0.354 e. The van der Waals surface area contributed by atoms with Crippen LogP contribution in [-0.4, -0.2) is 10.2 Å². The first-order valence-corrected chi connectivity index (χ1v) is 6.76. The number of nitrogens with zero attached hydrogens (tertiary/aromatic N) is 1. The van der Waals surface area contributed by atoms with Crippen LogP contribution in [0.2, 0.25) is 0 Å². The van der Waals surface area contributed by atoms with Crippen LogP contribution < -0.4 is 5.63 Å². The fourth-order valence-corrected chi connectivity index (χ4v) is 2.28. The van der Waals surface area contributed by atoms with Crippen LogP contribution in [-0.2, 0) is 0 Å². The van der Waals surface area contributed by atoms with Gasteiger partial charge in [-0.1, -0.05) is 24.3 Å². The normalized spacial score (nSPS) is 10.2. The van der Waals surface area contributed by atoms with Gasteiger partial charge in [-0.15, -0.1) is 0 Å². The highest BCUT2D eigenvalue weighted by Gasteiger charge is 2.16. The van der Waals surface area contributed by atoms with E-state index in [0.717, 1.165) is 0 Å². The Balaban J connectivity index is 2.27. The van der Waals surface area contributed by atoms with Crippen molar-refractivity contribution in [2.75, 3.05) is 0 Å². The summed E-state index contributed by atoms with van der Waals surface area (Å²) in [6, 6.07) is 15.9. The van der Waals surface area contributed by atoms with E-state index in [9.17, 15) is 20.3 Å². The summed E-state index contributed by atoms with van der Waals surface area (Å²) in [5, 5.41) is 28.5. The molecular formula is C18H11NO4. The molecule has 112 valence electrons. The van der Waals surface area contributed by atoms with E-state index in [1.54, 1.807) is 30.3 Å². The van der Waals surface area contributed by atoms with Gasteiger partial charge in [-0.3, -0.25) is 0 Å². The minimum atomic E-state index is -0.781. The fraction of sp³-hybridized carbons (Fsp3) is 0. The molecule has 3 rings (SSSR count). The zero-order chi connectivity index (χ0) is 16.4. The molecule has 2 N–H and O–H groups in total. The predicted octanol–water partition coefficient (Wildman–Crippen LogP) is 3.26. The van der Waals surface area contributed by atoms with Gasteiger partial charge < -0.3 is 14.6 Å². The van der Waals surface area contributed by atoms with E-state index < -0.39 is 5.63 Å². The molecule has 0 atom stereocenters. The van der Waals surface area contributed by atoms with Gasteiger partial charge in [-0.25, -0.2) is 4.79 Å². The zero-order valence-corrected chi connectivity index (χ0v) is 11.9. The topological polar surface area (TPSA) is 94.5 Å². The number of hydrogen-bond donors (Lipinski definition) is 2. The molecule has 23 heavy (non-hydrogen) atoms. The van der Waals surface area contributed by atoms with E-state index in [4.69, 9.17) is 4.42 Å². The third-order valence-electron chi connectivity index (χ3n) is 3.41. The van der Waals surface area contributed by atoms with Crippen LogP contribution in [0.3, 0.4) is 0 Å². The molecule has 5 nitrogen and oxygen atoms in total. The van der Waals surface area contributed by atoms with Gasteiger partial charge >= 0.3 is 5.63 Å². The largest absolute Gasteiger partial charge is 0.508 e. The fourth-order valence-electron chi connectivity index (χ4n) is 2.28. The van der Waals surface area contributed by atoms with Crippen LogP contribution in [0.4, 0.5) is 0 Å². The maximum Gasteiger partial charge on any atom is 0.354 e. The zero-order valence-electron chi connectivity index (χ0n) is 11.9. The summed E-state index contributed by atoms with van der Waals surface area (Å²) in [6.45, 7) is 0. The molecule has 0 bridgehead atoms. The van der Waals surface area contributed by atoms with Crippen molar-refractivity contribution in [2.45, 2.75) is 0 Å². The predicted molar refractivity (Wildman–Crippen MR) is 83.9 cm³/mol. The first-order chi connectivity index (χ1) is 11.1. The van der Waals surface area contributed by atoms with Crippen molar-refractivity contribution in [3.63, 3.8) is 0 Å². The van der Waals surface area contributed by atoms with E-state index in [-0.39, 0.29) is 22.8 Å². The van der Waals surface area contributed by atoms with Gasteiger partial charge in [0.2, 0.25) is 0 Å². The molecule has 1 heterocycles. The molecule has 0 saturated heterocycles. The highest BCUT2D eigenvalue weighted by Crippen LogP contribution is 2.32. The Labute approximate surface area is 131 Å². The molecule has 1 aromatic heterocycles. The molecular weight excluding hydrogens is 294 g/mol. The molecule has 5 heteroatoms. The van der Waals surface area contributed by atoms with Gasteiger partial charge in [0.05, 0.1) is 5.56 Å². The number of rotatable bonds is 2. The lowest BCUT2D eigenvalue weighted by atomic mass is 10.00. The molecule has 3 aromatic rings. The van der Waals surface area contributed by atoms with Crippen molar-refractivity contribution in [3.05, 3.63) is 70.6 Å². The average molecular weight is 305 g/mol. The highest BCUT2D eigenvalue weighted by atomic mass is 16.4. The molecule has 0 aliphatic carbocycles. The van der Waals surface area contributed by atoms with E-state index in [2.05, 4.69) is 0 Å². The van der Waals surface area contributed by atoms with E-state index in [1.807, 2.05) is 6.07 Å². The van der Waals surface area contributed by atoms with Crippen LogP contribution in [0.15, 0.2) is 63.8 Å². The van der Waals surface area contributed by atoms with Crippen molar-refractivity contribution >= 4 is 0 Å². The number of para-hydroxylation sites is 1. The molecule has 0 spiro atoms. The quantitative estimate of drug-likeness (QED) is 0.757. The van der Waals surface area contributed by atoms with E-state index in [1.165, 1.54) is 24.3 Å². The minimum absolute atomic E-state index is 0.0305. The molecule has 0 radical (unpaired) electrons. The second-order valence-electron chi connectivity index (χ2n) is 4.86. The first kappa shape index (κ1) is 14.4. The molecule has 2 aromatic carbocycles. The number of phenols is 2. The van der Waals surface area contributed by atoms with Gasteiger partial charge in [0.25, 0.3) is 0 Å². The first-order valence-electron chi connectivity index (χ1n) is 6.76. The second kappa shape index (κ2) is 5.70. The summed E-state index contributed by atoms with van der Waals surface area (Å²) in [4.78, 5) is 12.1. The molecule has 0 saturated carbocycles. The van der Waals surface area contributed by atoms with Gasteiger partial charge in [0.15, 0.2) is 0 Å². The van der Waals surface area contributed by atoms with Crippen LogP contribution in [0, 0.1) is 11.3 Å². The molecule has 0 unspecified atom stereocenters. The molecule has 0 aliphatic heterocycles. The summed E-state index contributed by atoms with van der Waals surface area (Å²) >= 11 is 0. The SMILES string of the molecule is N#Cc1c(-c2ccc(O)cc2)cc(-c2ccccc2O)oc1=O. The van der Waals surface area contributed by atoms with E-state index >= 15 is 0 Å². The number of phenolic OH excluding ortho intramolecular Hbond substituents is 2. The minimum Gasteiger partial charge on any atom is -0.508 e. The molecule has 0 amide bonds. The summed E-state index contributed by atoms with van der Waals surface area (Å²) in [6.07, 6.45) is 0. The molecule has 0 fully saturated rings. The lowest BCUT2D eigenvalue weighted by Crippen LogP contribution is -2.07. The van der Waals surface area contributed by atoms with Crippen LogP contribution >= 0.6 is 0 Å². The van der Waals surface area contributed by atoms with Crippen LogP contribution in [0.1, 0.15) is 5.56 Å². The Bertz CT molecular complexity index is 966. The van der Waals surface area contributed by atoms with Crippen molar-refractivity contribution in [1.82, 2.24) is 0 Å². The summed E-state index contributed by atoms with van der Waals surface area (Å²) < 4.78 is 5.16. The molecule has 0 aliphatic rings. The van der Waals surface area contributed by atoms with Gasteiger partial charge in [0, 0.05) is 5.56 Å². The highest BCUT2D eigenvalue weighted by molar-refractivity contribution is 5.76. The van der Waals surface area contributed by atoms with Crippen LogP contribution in [0.25, 0.3) is 22.5 Å². The lowest BCUT2D eigenvalue weighted by Gasteiger charge is -2.08. The van der Waals surface area contributed by atoms with Crippen LogP contribution in [0.5, 0.6) is 11.5 Å². The van der Waals surface area contributed by atoms with Gasteiger partial charge in [-0.05, 0) is 35.9 Å². The van der Waals surface area contributed by atoms with Gasteiger partial charge in [-0.2, -0.15) is 5.26 Å². The Morgan fingerprint density at radius 3 is 2.30 bits per heavy atom. The van der Waals surface area contributed by atoms with Crippen molar-refractivity contribution in [1.29, 1.82) is 5.26 Å². The number of nitriles is 1. The van der Waals surface area contributed by atoms with Crippen molar-refractivity contribution < 1.29 is 14.6 Å². The number of benzene rings is 2. The second-order valence-corrected chi connectivity index (χ2v) is 4.86. The average Bonchev–Trinajstić information content (AvgIpc) is 2.55. The lowest BCUT2D eigenvalue weighted by molar-refractivity contribution is 0.470. The standard InChI is InChI=1S/C18H11NO4/c19-10-15-14(11-5-7-12(20)8-6-11)9-17(23-18(15)22)13-3-1-2-4-16(13)21/h1-9,20-21H. The van der Waals surface area contributed by atoms with Crippen molar-refractivity contribution in [2.24, 2.45) is 0 Å². The van der Waals surface area contributed by atoms with Gasteiger partial charge in [0.1, 0.15) is 28.9 Å².